The van der Waals surface area contributed by atoms with Crippen molar-refractivity contribution >= 4 is 23.0 Å². The lowest BCUT2D eigenvalue weighted by Crippen LogP contribution is -2.20. The van der Waals surface area contributed by atoms with E-state index in [0.717, 1.165) is 5.69 Å². The summed E-state index contributed by atoms with van der Waals surface area (Å²) < 4.78 is 0. The Morgan fingerprint density at radius 1 is 1.38 bits per heavy atom. The number of nitrogens with zero attached hydrogens (tertiary/aromatic N) is 1. The molecule has 2 rings (SSSR count). The Morgan fingerprint density at radius 2 is 2.12 bits per heavy atom. The van der Waals surface area contributed by atoms with Crippen LogP contribution in [0.4, 0.5) is 5.69 Å². The Hall–Kier alpha value is -1.88. The van der Waals surface area contributed by atoms with Crippen molar-refractivity contribution in [2.45, 2.75) is 6.04 Å². The van der Waals surface area contributed by atoms with E-state index in [4.69, 9.17) is 5.11 Å². The van der Waals surface area contributed by atoms with E-state index >= 15 is 0 Å². The first-order valence-electron chi connectivity index (χ1n) is 4.71. The third-order valence-electron chi connectivity index (χ3n) is 2.03. The fourth-order valence-corrected chi connectivity index (χ4v) is 1.99. The van der Waals surface area contributed by atoms with Crippen molar-refractivity contribution in [1.82, 2.24) is 4.98 Å². The van der Waals surface area contributed by atoms with Crippen LogP contribution in [0.2, 0.25) is 0 Å². The molecule has 0 fully saturated rings. The van der Waals surface area contributed by atoms with E-state index in [0.29, 0.717) is 5.01 Å². The quantitative estimate of drug-likeness (QED) is 0.852. The van der Waals surface area contributed by atoms with Gasteiger partial charge in [-0.1, -0.05) is 18.2 Å². The molecule has 4 nitrogen and oxygen atoms in total. The number of hydrogen-bond donors (Lipinski definition) is 2. The molecule has 1 atom stereocenters. The number of thiazole rings is 1. The van der Waals surface area contributed by atoms with Gasteiger partial charge in [-0.25, -0.2) is 9.78 Å². The van der Waals surface area contributed by atoms with Crippen LogP contribution in [0.3, 0.4) is 0 Å². The van der Waals surface area contributed by atoms with E-state index in [1.807, 2.05) is 30.3 Å². The first kappa shape index (κ1) is 10.6. The number of aliphatic carboxylic acids is 1. The fraction of sp³-hybridized carbons (Fsp3) is 0.0909. The van der Waals surface area contributed by atoms with E-state index < -0.39 is 12.0 Å². The summed E-state index contributed by atoms with van der Waals surface area (Å²) >= 11 is 1.32. The average molecular weight is 234 g/mol. The monoisotopic (exact) mass is 234 g/mol. The van der Waals surface area contributed by atoms with Gasteiger partial charge in [0.2, 0.25) is 0 Å². The molecule has 0 aliphatic heterocycles. The van der Waals surface area contributed by atoms with Crippen LogP contribution in [0.15, 0.2) is 41.9 Å². The van der Waals surface area contributed by atoms with Gasteiger partial charge in [0, 0.05) is 17.3 Å². The molecule has 0 saturated heterocycles. The minimum absolute atomic E-state index is 0.552. The number of carbonyl (C=O) groups is 1. The van der Waals surface area contributed by atoms with Crippen molar-refractivity contribution < 1.29 is 9.90 Å². The maximum Gasteiger partial charge on any atom is 0.333 e. The van der Waals surface area contributed by atoms with Crippen molar-refractivity contribution in [3.8, 4) is 0 Å². The molecule has 1 unspecified atom stereocenters. The highest BCUT2D eigenvalue weighted by atomic mass is 32.1. The highest BCUT2D eigenvalue weighted by molar-refractivity contribution is 7.09. The molecular weight excluding hydrogens is 224 g/mol. The zero-order valence-corrected chi connectivity index (χ0v) is 9.15. The summed E-state index contributed by atoms with van der Waals surface area (Å²) in [6.07, 6.45) is 1.60. The predicted molar refractivity (Wildman–Crippen MR) is 62.6 cm³/mol. The highest BCUT2D eigenvalue weighted by Crippen LogP contribution is 2.21. The molecule has 82 valence electrons. The van der Waals surface area contributed by atoms with Gasteiger partial charge in [0.25, 0.3) is 0 Å². The van der Waals surface area contributed by atoms with Crippen molar-refractivity contribution in [3.05, 3.63) is 46.9 Å². The Labute approximate surface area is 96.6 Å². The molecule has 0 saturated carbocycles. The minimum Gasteiger partial charge on any atom is -0.479 e. The predicted octanol–water partition coefficient (Wildman–Crippen LogP) is 2.38. The molecule has 2 N–H and O–H groups in total. The smallest absolute Gasteiger partial charge is 0.333 e. The number of nitrogens with one attached hydrogen (secondary N) is 1. The van der Waals surface area contributed by atoms with Gasteiger partial charge in [-0.3, -0.25) is 0 Å². The number of carboxylic acid groups (broad SMARTS) is 1. The van der Waals surface area contributed by atoms with Gasteiger partial charge >= 0.3 is 5.97 Å². The van der Waals surface area contributed by atoms with Crippen molar-refractivity contribution in [2.75, 3.05) is 5.32 Å². The molecule has 0 spiro atoms. The zero-order valence-electron chi connectivity index (χ0n) is 8.33. The third-order valence-corrected chi connectivity index (χ3v) is 2.87. The van der Waals surface area contributed by atoms with Crippen LogP contribution in [-0.4, -0.2) is 16.1 Å². The molecular formula is C11H10N2O2S. The lowest BCUT2D eigenvalue weighted by atomic mass is 10.2. The van der Waals surface area contributed by atoms with Gasteiger partial charge in [0.15, 0.2) is 6.04 Å². The van der Waals surface area contributed by atoms with Gasteiger partial charge in [0.1, 0.15) is 5.01 Å². The summed E-state index contributed by atoms with van der Waals surface area (Å²) in [6, 6.07) is 8.44. The molecule has 0 radical (unpaired) electrons. The van der Waals surface area contributed by atoms with E-state index in [-0.39, 0.29) is 0 Å². The number of rotatable bonds is 4. The van der Waals surface area contributed by atoms with Crippen LogP contribution in [0.25, 0.3) is 0 Å². The van der Waals surface area contributed by atoms with Gasteiger partial charge < -0.3 is 10.4 Å². The summed E-state index contributed by atoms with van der Waals surface area (Å²) in [7, 11) is 0. The molecule has 0 aliphatic carbocycles. The highest BCUT2D eigenvalue weighted by Gasteiger charge is 2.21. The van der Waals surface area contributed by atoms with Crippen molar-refractivity contribution in [1.29, 1.82) is 0 Å². The number of benzene rings is 1. The standard InChI is InChI=1S/C11H10N2O2S/c14-11(15)9(10-12-6-7-16-10)13-8-4-2-1-3-5-8/h1-7,9,13H,(H,14,15). The van der Waals surface area contributed by atoms with Crippen molar-refractivity contribution in [3.63, 3.8) is 0 Å². The Bertz CT molecular complexity index is 456. The molecule has 1 heterocycles. The summed E-state index contributed by atoms with van der Waals surface area (Å²) in [5.74, 6) is -0.932. The fourth-order valence-electron chi connectivity index (χ4n) is 1.31. The van der Waals surface area contributed by atoms with Gasteiger partial charge in [0.05, 0.1) is 0 Å². The summed E-state index contributed by atoms with van der Waals surface area (Å²) in [5.41, 5.74) is 0.769. The maximum atomic E-state index is 11.1. The minimum atomic E-state index is -0.932. The van der Waals surface area contributed by atoms with Gasteiger partial charge in [-0.05, 0) is 12.1 Å². The molecule has 0 bridgehead atoms. The van der Waals surface area contributed by atoms with Crippen LogP contribution in [0, 0.1) is 0 Å². The SMILES string of the molecule is O=C(O)C(Nc1ccccc1)c1nccs1. The molecule has 5 heteroatoms. The lowest BCUT2D eigenvalue weighted by molar-refractivity contribution is -0.138. The number of hydrogen-bond acceptors (Lipinski definition) is 4. The molecule has 0 aliphatic rings. The van der Waals surface area contributed by atoms with E-state index in [1.165, 1.54) is 11.3 Å². The molecule has 16 heavy (non-hydrogen) atoms. The molecule has 1 aromatic carbocycles. The van der Waals surface area contributed by atoms with Crippen molar-refractivity contribution in [2.24, 2.45) is 0 Å². The second-order valence-corrected chi connectivity index (χ2v) is 4.08. The van der Waals surface area contributed by atoms with Crippen LogP contribution < -0.4 is 5.32 Å². The normalized spacial score (nSPS) is 12.0. The Morgan fingerprint density at radius 3 is 2.69 bits per heavy atom. The topological polar surface area (TPSA) is 62.2 Å². The first-order valence-corrected chi connectivity index (χ1v) is 5.59. The van der Waals surface area contributed by atoms with E-state index in [9.17, 15) is 4.79 Å². The van der Waals surface area contributed by atoms with E-state index in [1.54, 1.807) is 11.6 Å². The Balaban J connectivity index is 2.19. The number of para-hydroxylation sites is 1. The molecule has 0 amide bonds. The molecule has 1 aromatic heterocycles. The second-order valence-electron chi connectivity index (χ2n) is 3.15. The second kappa shape index (κ2) is 4.76. The zero-order chi connectivity index (χ0) is 11.4. The van der Waals surface area contributed by atoms with Crippen LogP contribution in [-0.2, 0) is 4.79 Å². The average Bonchev–Trinajstić information content (AvgIpc) is 2.80. The van der Waals surface area contributed by atoms with E-state index in [2.05, 4.69) is 10.3 Å². The number of carboxylic acids is 1. The number of aromatic nitrogens is 1. The maximum absolute atomic E-state index is 11.1. The summed E-state index contributed by atoms with van der Waals surface area (Å²) in [5, 5.41) is 14.4. The Kier molecular flexibility index (Phi) is 3.16. The van der Waals surface area contributed by atoms with Gasteiger partial charge in [-0.15, -0.1) is 11.3 Å². The molecule has 2 aromatic rings. The van der Waals surface area contributed by atoms with Gasteiger partial charge in [-0.2, -0.15) is 0 Å². The summed E-state index contributed by atoms with van der Waals surface area (Å²) in [4.78, 5) is 15.1. The van der Waals surface area contributed by atoms with Crippen LogP contribution >= 0.6 is 11.3 Å². The third kappa shape index (κ3) is 2.38. The summed E-state index contributed by atoms with van der Waals surface area (Å²) in [6.45, 7) is 0. The van der Waals surface area contributed by atoms with Crippen LogP contribution in [0.1, 0.15) is 11.0 Å². The number of anilines is 1. The first-order chi connectivity index (χ1) is 7.77. The largest absolute Gasteiger partial charge is 0.479 e. The lowest BCUT2D eigenvalue weighted by Gasteiger charge is -2.12. The van der Waals surface area contributed by atoms with Crippen LogP contribution in [0.5, 0.6) is 0 Å².